The lowest BCUT2D eigenvalue weighted by Crippen LogP contribution is -2.41. The van der Waals surface area contributed by atoms with Gasteiger partial charge in [0.1, 0.15) is 0 Å². The first-order chi connectivity index (χ1) is 11.5. The van der Waals surface area contributed by atoms with Crippen molar-refractivity contribution in [2.45, 2.75) is 56.2 Å². The van der Waals surface area contributed by atoms with Crippen molar-refractivity contribution in [3.8, 4) is 0 Å². The molecule has 8 heteroatoms. The fraction of sp³-hybridized carbons (Fsp3) is 0.812. The number of ketones is 1. The van der Waals surface area contributed by atoms with Crippen LogP contribution in [0.3, 0.4) is 0 Å². The van der Waals surface area contributed by atoms with E-state index in [1.165, 1.54) is 0 Å². The molecule has 0 N–H and O–H groups in total. The summed E-state index contributed by atoms with van der Waals surface area (Å²) in [5.41, 5.74) is -0.450. The van der Waals surface area contributed by atoms with Gasteiger partial charge in [0.25, 0.3) is 5.78 Å². The summed E-state index contributed by atoms with van der Waals surface area (Å²) in [6.07, 6.45) is 8.34. The van der Waals surface area contributed by atoms with Crippen molar-refractivity contribution in [1.29, 1.82) is 0 Å². The van der Waals surface area contributed by atoms with Crippen LogP contribution < -0.4 is 0 Å². The van der Waals surface area contributed by atoms with Crippen LogP contribution >= 0.6 is 23.2 Å². The van der Waals surface area contributed by atoms with Crippen LogP contribution in [0.15, 0.2) is 11.5 Å². The molecule has 6 nitrogen and oxygen atoms in total. The van der Waals surface area contributed by atoms with E-state index in [0.29, 0.717) is 5.82 Å². The third kappa shape index (κ3) is 4.99. The second-order valence-corrected chi connectivity index (χ2v) is 7.49. The minimum absolute atomic E-state index is 0.431. The van der Waals surface area contributed by atoms with E-state index in [1.807, 2.05) is 9.80 Å². The van der Waals surface area contributed by atoms with E-state index in [-0.39, 0.29) is 0 Å². The fourth-order valence-electron chi connectivity index (χ4n) is 3.45. The van der Waals surface area contributed by atoms with Crippen LogP contribution in [0.5, 0.6) is 0 Å². The molecule has 2 rings (SSSR count). The van der Waals surface area contributed by atoms with Crippen LogP contribution in [0, 0.1) is 10.1 Å². The lowest BCUT2D eigenvalue weighted by Gasteiger charge is -2.34. The SMILES string of the molecule is O=C(C(=C(N1CCCCCC1)N1CCCCCC1)[N+](=O)[O-])C(Cl)Cl. The monoisotopic (exact) mass is 377 g/mol. The van der Waals surface area contributed by atoms with Gasteiger partial charge in [-0.05, 0) is 25.7 Å². The van der Waals surface area contributed by atoms with Gasteiger partial charge < -0.3 is 9.80 Å². The van der Waals surface area contributed by atoms with Gasteiger partial charge in [-0.15, -0.1) is 0 Å². The number of Topliss-reactive ketones (excluding diaryl/α,β-unsaturated/α-hetero) is 1. The first-order valence-electron chi connectivity index (χ1n) is 8.73. The number of hydrogen-bond donors (Lipinski definition) is 0. The molecule has 0 bridgehead atoms. The first-order valence-corrected chi connectivity index (χ1v) is 9.60. The van der Waals surface area contributed by atoms with E-state index in [4.69, 9.17) is 23.2 Å². The van der Waals surface area contributed by atoms with E-state index in [0.717, 1.165) is 77.5 Å². The van der Waals surface area contributed by atoms with Crippen molar-refractivity contribution in [2.75, 3.05) is 26.2 Å². The summed E-state index contributed by atoms with van der Waals surface area (Å²) in [4.78, 5) is 26.1. The number of carbonyl (C=O) groups is 1. The zero-order valence-electron chi connectivity index (χ0n) is 13.9. The number of nitro groups is 1. The molecule has 0 saturated carbocycles. The fourth-order valence-corrected chi connectivity index (χ4v) is 3.66. The highest BCUT2D eigenvalue weighted by Crippen LogP contribution is 2.26. The molecule has 0 aromatic heterocycles. The predicted octanol–water partition coefficient (Wildman–Crippen LogP) is 3.56. The van der Waals surface area contributed by atoms with Crippen molar-refractivity contribution in [3.05, 3.63) is 21.6 Å². The zero-order valence-corrected chi connectivity index (χ0v) is 15.4. The van der Waals surface area contributed by atoms with Gasteiger partial charge in [0, 0.05) is 26.2 Å². The van der Waals surface area contributed by atoms with Crippen LogP contribution in [0.25, 0.3) is 0 Å². The van der Waals surface area contributed by atoms with E-state index >= 15 is 0 Å². The topological polar surface area (TPSA) is 66.7 Å². The first kappa shape index (κ1) is 19.3. The Balaban J connectivity index is 2.46. The minimum atomic E-state index is -1.42. The lowest BCUT2D eigenvalue weighted by molar-refractivity contribution is -0.422. The number of nitrogens with zero attached hydrogens (tertiary/aromatic N) is 3. The molecule has 136 valence electrons. The number of carbonyl (C=O) groups excluding carboxylic acids is 1. The van der Waals surface area contributed by atoms with Crippen molar-refractivity contribution >= 4 is 29.0 Å². The Kier molecular flexibility index (Phi) is 7.62. The third-order valence-electron chi connectivity index (χ3n) is 4.64. The molecular formula is C16H25Cl2N3O3. The molecule has 2 aliphatic rings. The predicted molar refractivity (Wildman–Crippen MR) is 94.6 cm³/mol. The molecule has 0 amide bonds. The van der Waals surface area contributed by atoms with Gasteiger partial charge in [-0.25, -0.2) is 0 Å². The lowest BCUT2D eigenvalue weighted by atomic mass is 10.2. The van der Waals surface area contributed by atoms with Crippen LogP contribution in [-0.4, -0.2) is 51.5 Å². The van der Waals surface area contributed by atoms with Crippen molar-refractivity contribution in [1.82, 2.24) is 9.80 Å². The van der Waals surface area contributed by atoms with Crippen LogP contribution in [-0.2, 0) is 4.79 Å². The van der Waals surface area contributed by atoms with E-state index in [1.54, 1.807) is 0 Å². The molecule has 2 fully saturated rings. The maximum Gasteiger partial charge on any atom is 0.354 e. The molecule has 0 aromatic rings. The number of alkyl halides is 2. The molecule has 24 heavy (non-hydrogen) atoms. The highest BCUT2D eigenvalue weighted by Gasteiger charge is 2.37. The largest absolute Gasteiger partial charge is 0.354 e. The van der Waals surface area contributed by atoms with Gasteiger partial charge in [0.2, 0.25) is 0 Å². The van der Waals surface area contributed by atoms with Gasteiger partial charge in [0.05, 0.1) is 4.92 Å². The van der Waals surface area contributed by atoms with Crippen molar-refractivity contribution in [3.63, 3.8) is 0 Å². The maximum atomic E-state index is 12.4. The van der Waals surface area contributed by atoms with Crippen molar-refractivity contribution < 1.29 is 9.72 Å². The second kappa shape index (κ2) is 9.47. The summed E-state index contributed by atoms with van der Waals surface area (Å²) in [6, 6.07) is 0. The number of allylic oxidation sites excluding steroid dienone is 1. The standard InChI is InChI=1S/C16H25Cl2N3O3/c17-15(18)14(22)13(21(23)24)16(19-9-5-1-2-6-10-19)20-11-7-3-4-8-12-20/h15H,1-12H2. The van der Waals surface area contributed by atoms with Gasteiger partial charge in [-0.1, -0.05) is 48.9 Å². The molecular weight excluding hydrogens is 353 g/mol. The summed E-state index contributed by atoms with van der Waals surface area (Å²) >= 11 is 11.4. The molecule has 2 heterocycles. The molecule has 0 aliphatic carbocycles. The zero-order chi connectivity index (χ0) is 17.5. The molecule has 0 spiro atoms. The maximum absolute atomic E-state index is 12.4. The molecule has 2 aliphatic heterocycles. The quantitative estimate of drug-likeness (QED) is 0.317. The van der Waals surface area contributed by atoms with Crippen molar-refractivity contribution in [2.24, 2.45) is 0 Å². The normalized spacial score (nSPS) is 19.6. The molecule has 0 radical (unpaired) electrons. The van der Waals surface area contributed by atoms with Gasteiger partial charge in [-0.2, -0.15) is 0 Å². The molecule has 0 aromatic carbocycles. The Bertz CT molecular complexity index is 459. The molecule has 0 atom stereocenters. The molecule has 0 unspecified atom stereocenters. The summed E-state index contributed by atoms with van der Waals surface area (Å²) in [5.74, 6) is -0.382. The smallest absolute Gasteiger partial charge is 0.352 e. The highest BCUT2D eigenvalue weighted by atomic mass is 35.5. The summed E-state index contributed by atoms with van der Waals surface area (Å²) < 4.78 is 0. The average molecular weight is 378 g/mol. The van der Waals surface area contributed by atoms with Crippen LogP contribution in [0.2, 0.25) is 0 Å². The number of likely N-dealkylation sites (tertiary alicyclic amines) is 2. The number of halogens is 2. The Labute approximate surface area is 152 Å². The minimum Gasteiger partial charge on any atom is -0.352 e. The van der Waals surface area contributed by atoms with Crippen LogP contribution in [0.4, 0.5) is 0 Å². The Morgan fingerprint density at radius 2 is 1.21 bits per heavy atom. The van der Waals surface area contributed by atoms with E-state index in [9.17, 15) is 14.9 Å². The highest BCUT2D eigenvalue weighted by molar-refractivity contribution is 6.55. The van der Waals surface area contributed by atoms with Gasteiger partial charge in [-0.3, -0.25) is 14.9 Å². The third-order valence-corrected chi connectivity index (χ3v) is 5.03. The van der Waals surface area contributed by atoms with Gasteiger partial charge >= 0.3 is 5.70 Å². The Morgan fingerprint density at radius 1 is 0.833 bits per heavy atom. The summed E-state index contributed by atoms with van der Waals surface area (Å²) in [5, 5.41) is 11.7. The van der Waals surface area contributed by atoms with E-state index in [2.05, 4.69) is 0 Å². The average Bonchev–Trinajstić information content (AvgIpc) is 2.96. The summed E-state index contributed by atoms with van der Waals surface area (Å²) in [7, 11) is 0. The second-order valence-electron chi connectivity index (χ2n) is 6.40. The number of hydrogen-bond acceptors (Lipinski definition) is 5. The number of rotatable bonds is 5. The Morgan fingerprint density at radius 3 is 1.50 bits per heavy atom. The van der Waals surface area contributed by atoms with Crippen LogP contribution in [0.1, 0.15) is 51.4 Å². The molecule has 2 saturated heterocycles. The Hall–Kier alpha value is -1.01. The summed E-state index contributed by atoms with van der Waals surface area (Å²) in [6.45, 7) is 2.91. The van der Waals surface area contributed by atoms with E-state index < -0.39 is 21.2 Å². The van der Waals surface area contributed by atoms with Gasteiger partial charge in [0.15, 0.2) is 10.7 Å².